The van der Waals surface area contributed by atoms with Crippen molar-refractivity contribution in [1.82, 2.24) is 4.98 Å². The molecule has 1 saturated carbocycles. The molecule has 0 unspecified atom stereocenters. The van der Waals surface area contributed by atoms with Gasteiger partial charge in [0.2, 0.25) is 0 Å². The molecule has 0 amide bonds. The molecule has 26 heavy (non-hydrogen) atoms. The second-order valence-electron chi connectivity index (χ2n) is 7.14. The maximum Gasteiger partial charge on any atom is 0.150 e. The quantitative estimate of drug-likeness (QED) is 0.843. The summed E-state index contributed by atoms with van der Waals surface area (Å²) in [6, 6.07) is 9.87. The van der Waals surface area contributed by atoms with Crippen molar-refractivity contribution in [3.63, 3.8) is 0 Å². The predicted octanol–water partition coefficient (Wildman–Crippen LogP) is 3.47. The molecule has 134 valence electrons. The van der Waals surface area contributed by atoms with E-state index >= 15 is 0 Å². The topological polar surface area (TPSA) is 37.7 Å². The summed E-state index contributed by atoms with van der Waals surface area (Å²) in [5.74, 6) is 1.46. The standard InChI is InChI=1S/C20H19F2N3O/c21-17-10-25(11-18(17)22)19-7-12(5-6-23-19)20-16-8-15(26-14-3-4-14)2-1-13(16)9-24-20/h1-2,5-8,14,17-18H,3-4,9-11H2/t17-,18-/m0/s1. The van der Waals surface area contributed by atoms with Crippen LogP contribution in [0, 0.1) is 0 Å². The number of rotatable bonds is 4. The minimum absolute atomic E-state index is 0.0417. The number of alkyl halides is 2. The van der Waals surface area contributed by atoms with Crippen LogP contribution in [0.3, 0.4) is 0 Å². The molecule has 5 rings (SSSR count). The molecule has 1 aromatic heterocycles. The van der Waals surface area contributed by atoms with Gasteiger partial charge in [-0.05, 0) is 42.7 Å². The van der Waals surface area contributed by atoms with Crippen molar-refractivity contribution in [3.8, 4) is 5.75 Å². The third-order valence-corrected chi connectivity index (χ3v) is 5.10. The van der Waals surface area contributed by atoms with Gasteiger partial charge in [0.05, 0.1) is 31.4 Å². The Kier molecular flexibility index (Phi) is 3.65. The third-order valence-electron chi connectivity index (χ3n) is 5.10. The second kappa shape index (κ2) is 6.04. The molecular formula is C20H19F2N3O. The van der Waals surface area contributed by atoms with Gasteiger partial charge in [0.1, 0.15) is 11.6 Å². The summed E-state index contributed by atoms with van der Waals surface area (Å²) >= 11 is 0. The lowest BCUT2D eigenvalue weighted by Gasteiger charge is -2.17. The van der Waals surface area contributed by atoms with Gasteiger partial charge in [-0.2, -0.15) is 0 Å². The maximum atomic E-state index is 13.5. The Morgan fingerprint density at radius 2 is 1.85 bits per heavy atom. The summed E-state index contributed by atoms with van der Waals surface area (Å²) in [6.07, 6.45) is 1.35. The van der Waals surface area contributed by atoms with E-state index in [4.69, 9.17) is 4.74 Å². The van der Waals surface area contributed by atoms with Gasteiger partial charge in [0.25, 0.3) is 0 Å². The van der Waals surface area contributed by atoms with Crippen LogP contribution in [0.2, 0.25) is 0 Å². The third kappa shape index (κ3) is 2.83. The van der Waals surface area contributed by atoms with Gasteiger partial charge in [-0.1, -0.05) is 6.07 Å². The molecule has 2 atom stereocenters. The van der Waals surface area contributed by atoms with E-state index in [-0.39, 0.29) is 13.1 Å². The van der Waals surface area contributed by atoms with Crippen molar-refractivity contribution >= 4 is 11.5 Å². The Bertz CT molecular complexity index is 871. The molecule has 0 spiro atoms. The summed E-state index contributed by atoms with van der Waals surface area (Å²) < 4.78 is 33.0. The molecule has 1 aromatic carbocycles. The lowest BCUT2D eigenvalue weighted by atomic mass is 10.0. The van der Waals surface area contributed by atoms with E-state index < -0.39 is 12.3 Å². The monoisotopic (exact) mass is 355 g/mol. The smallest absolute Gasteiger partial charge is 0.150 e. The van der Waals surface area contributed by atoms with Crippen LogP contribution in [0.4, 0.5) is 14.6 Å². The van der Waals surface area contributed by atoms with Crippen molar-refractivity contribution < 1.29 is 13.5 Å². The van der Waals surface area contributed by atoms with Crippen LogP contribution in [0.1, 0.15) is 29.5 Å². The summed E-state index contributed by atoms with van der Waals surface area (Å²) in [5, 5.41) is 0. The van der Waals surface area contributed by atoms with Gasteiger partial charge in [0.15, 0.2) is 12.3 Å². The molecule has 1 aliphatic carbocycles. The van der Waals surface area contributed by atoms with E-state index in [9.17, 15) is 8.78 Å². The Morgan fingerprint density at radius 3 is 2.62 bits per heavy atom. The zero-order chi connectivity index (χ0) is 17.7. The second-order valence-corrected chi connectivity index (χ2v) is 7.14. The zero-order valence-electron chi connectivity index (χ0n) is 14.2. The number of benzene rings is 1. The molecule has 1 saturated heterocycles. The van der Waals surface area contributed by atoms with Crippen molar-refractivity contribution in [2.24, 2.45) is 4.99 Å². The Morgan fingerprint density at radius 1 is 1.04 bits per heavy atom. The molecule has 2 aromatic rings. The first-order valence-electron chi connectivity index (χ1n) is 9.01. The highest BCUT2D eigenvalue weighted by Crippen LogP contribution is 2.32. The Hall–Kier alpha value is -2.50. The first kappa shape index (κ1) is 15.7. The number of aliphatic imine (C=N–C) groups is 1. The van der Waals surface area contributed by atoms with Gasteiger partial charge in [0, 0.05) is 17.3 Å². The highest BCUT2D eigenvalue weighted by Gasteiger charge is 2.33. The van der Waals surface area contributed by atoms with E-state index in [2.05, 4.69) is 16.0 Å². The fourth-order valence-electron chi connectivity index (χ4n) is 3.51. The molecule has 0 N–H and O–H groups in total. The van der Waals surface area contributed by atoms with Crippen LogP contribution in [0.15, 0.2) is 41.5 Å². The number of aromatic nitrogens is 1. The van der Waals surface area contributed by atoms with E-state index in [0.29, 0.717) is 18.5 Å². The first-order valence-corrected chi connectivity index (χ1v) is 9.01. The van der Waals surface area contributed by atoms with E-state index in [1.54, 1.807) is 11.1 Å². The van der Waals surface area contributed by atoms with E-state index in [1.807, 2.05) is 24.3 Å². The van der Waals surface area contributed by atoms with Crippen molar-refractivity contribution in [1.29, 1.82) is 0 Å². The normalized spacial score (nSPS) is 24.5. The number of anilines is 1. The van der Waals surface area contributed by atoms with E-state index in [1.165, 1.54) is 0 Å². The number of ether oxygens (including phenoxy) is 1. The van der Waals surface area contributed by atoms with E-state index in [0.717, 1.165) is 41.0 Å². The van der Waals surface area contributed by atoms with Crippen LogP contribution in [-0.4, -0.2) is 42.2 Å². The molecular weight excluding hydrogens is 336 g/mol. The van der Waals surface area contributed by atoms with Gasteiger partial charge >= 0.3 is 0 Å². The Labute approximate surface area is 150 Å². The van der Waals surface area contributed by atoms with Crippen LogP contribution in [0.5, 0.6) is 5.75 Å². The SMILES string of the molecule is F[C@H]1CN(c2cc(C3=NCc4ccc(OC5CC5)cc43)ccn2)C[C@@H]1F. The average molecular weight is 355 g/mol. The lowest BCUT2D eigenvalue weighted by Crippen LogP contribution is -2.21. The fraction of sp³-hybridized carbons (Fsp3) is 0.400. The molecule has 3 heterocycles. The molecule has 0 bridgehead atoms. The van der Waals surface area contributed by atoms with Crippen molar-refractivity contribution in [3.05, 3.63) is 53.2 Å². The lowest BCUT2D eigenvalue weighted by molar-refractivity contribution is 0.217. The highest BCUT2D eigenvalue weighted by molar-refractivity contribution is 6.15. The molecule has 2 fully saturated rings. The van der Waals surface area contributed by atoms with Crippen LogP contribution < -0.4 is 9.64 Å². The van der Waals surface area contributed by atoms with Crippen LogP contribution in [0.25, 0.3) is 0 Å². The van der Waals surface area contributed by atoms with Gasteiger partial charge in [-0.3, -0.25) is 4.99 Å². The molecule has 2 aliphatic heterocycles. The van der Waals surface area contributed by atoms with Gasteiger partial charge < -0.3 is 9.64 Å². The molecule has 3 aliphatic rings. The van der Waals surface area contributed by atoms with Crippen molar-refractivity contribution in [2.75, 3.05) is 18.0 Å². The molecule has 4 nitrogen and oxygen atoms in total. The van der Waals surface area contributed by atoms with Crippen LogP contribution in [-0.2, 0) is 6.54 Å². The zero-order valence-corrected chi connectivity index (χ0v) is 14.2. The number of fused-ring (bicyclic) bond motifs is 1. The number of halogens is 2. The maximum absolute atomic E-state index is 13.5. The average Bonchev–Trinajstić information content (AvgIpc) is 3.26. The summed E-state index contributed by atoms with van der Waals surface area (Å²) in [5.41, 5.74) is 4.02. The highest BCUT2D eigenvalue weighted by atomic mass is 19.2. The number of hydrogen-bond donors (Lipinski definition) is 0. The number of hydrogen-bond acceptors (Lipinski definition) is 4. The number of pyridine rings is 1. The summed E-state index contributed by atoms with van der Waals surface area (Å²) in [4.78, 5) is 10.6. The molecule has 6 heteroatoms. The first-order chi connectivity index (χ1) is 12.7. The largest absolute Gasteiger partial charge is 0.490 e. The summed E-state index contributed by atoms with van der Waals surface area (Å²) in [6.45, 7) is 0.717. The van der Waals surface area contributed by atoms with Crippen LogP contribution >= 0.6 is 0 Å². The summed E-state index contributed by atoms with van der Waals surface area (Å²) in [7, 11) is 0. The predicted molar refractivity (Wildman–Crippen MR) is 95.7 cm³/mol. The minimum atomic E-state index is -1.45. The number of nitrogens with zero attached hydrogens (tertiary/aromatic N) is 3. The van der Waals surface area contributed by atoms with Crippen molar-refractivity contribution in [2.45, 2.75) is 37.8 Å². The minimum Gasteiger partial charge on any atom is -0.490 e. The molecule has 0 radical (unpaired) electrons. The Balaban J connectivity index is 1.44. The van der Waals surface area contributed by atoms with Gasteiger partial charge in [-0.25, -0.2) is 13.8 Å². The van der Waals surface area contributed by atoms with Gasteiger partial charge in [-0.15, -0.1) is 0 Å². The fourth-order valence-corrected chi connectivity index (χ4v) is 3.51.